The molecule has 1 unspecified atom stereocenters. The fourth-order valence-electron chi connectivity index (χ4n) is 2.59. The molecule has 0 radical (unpaired) electrons. The van der Waals surface area contributed by atoms with Crippen molar-refractivity contribution in [3.05, 3.63) is 21.3 Å². The summed E-state index contributed by atoms with van der Waals surface area (Å²) in [4.78, 5) is 28.1. The van der Waals surface area contributed by atoms with Gasteiger partial charge >= 0.3 is 12.0 Å². The molecule has 0 spiro atoms. The summed E-state index contributed by atoms with van der Waals surface area (Å²) < 4.78 is 0.680. The van der Waals surface area contributed by atoms with Gasteiger partial charge < -0.3 is 14.9 Å². The van der Waals surface area contributed by atoms with E-state index in [1.54, 1.807) is 24.9 Å². The molecule has 2 amide bonds. The Bertz CT molecular complexity index is 548. The molecule has 0 bridgehead atoms. The maximum absolute atomic E-state index is 12.6. The number of thiophene rings is 1. The highest BCUT2D eigenvalue weighted by Gasteiger charge is 2.44. The number of nitrogens with zero attached hydrogens (tertiary/aromatic N) is 2. The number of hydrogen-bond donors (Lipinski definition) is 1. The van der Waals surface area contributed by atoms with Crippen LogP contribution in [0.3, 0.4) is 0 Å². The molecule has 1 saturated heterocycles. The van der Waals surface area contributed by atoms with E-state index >= 15 is 0 Å². The van der Waals surface area contributed by atoms with Crippen molar-refractivity contribution in [3.8, 4) is 0 Å². The number of piperidine rings is 1. The number of likely N-dealkylation sites (tertiary alicyclic amines) is 1. The van der Waals surface area contributed by atoms with Gasteiger partial charge in [0, 0.05) is 18.5 Å². The summed E-state index contributed by atoms with van der Waals surface area (Å²) in [7, 11) is 1.69. The zero-order valence-electron chi connectivity index (χ0n) is 12.1. The highest BCUT2D eigenvalue weighted by molar-refractivity contribution is 7.16. The number of halogens is 1. The Kier molecular flexibility index (Phi) is 4.78. The summed E-state index contributed by atoms with van der Waals surface area (Å²) in [5.74, 6) is -0.942. The predicted octanol–water partition coefficient (Wildman–Crippen LogP) is 3.28. The third kappa shape index (κ3) is 3.32. The van der Waals surface area contributed by atoms with Gasteiger partial charge in [-0.05, 0) is 38.3 Å². The number of hydrogen-bond acceptors (Lipinski definition) is 3. The number of carboxylic acids is 1. The summed E-state index contributed by atoms with van der Waals surface area (Å²) >= 11 is 7.31. The van der Waals surface area contributed by atoms with E-state index < -0.39 is 11.5 Å². The molecule has 0 aromatic carbocycles. The maximum atomic E-state index is 12.6. The molecule has 0 saturated carbocycles. The highest BCUT2D eigenvalue weighted by Crippen LogP contribution is 2.30. The molecule has 1 fully saturated rings. The number of carbonyl (C=O) groups excluding carboxylic acids is 1. The lowest BCUT2D eigenvalue weighted by atomic mass is 9.89. The van der Waals surface area contributed by atoms with E-state index in [0.29, 0.717) is 23.8 Å². The molecule has 2 heterocycles. The molecule has 1 aliphatic rings. The van der Waals surface area contributed by atoms with Crippen LogP contribution in [0, 0.1) is 0 Å². The summed E-state index contributed by atoms with van der Waals surface area (Å²) in [5, 5.41) is 9.46. The molecule has 1 atom stereocenters. The van der Waals surface area contributed by atoms with Gasteiger partial charge in [0.2, 0.25) is 0 Å². The average molecular weight is 331 g/mol. The van der Waals surface area contributed by atoms with Crippen LogP contribution in [0.4, 0.5) is 4.79 Å². The van der Waals surface area contributed by atoms with E-state index in [0.717, 1.165) is 17.7 Å². The van der Waals surface area contributed by atoms with Crippen molar-refractivity contribution in [1.29, 1.82) is 0 Å². The minimum atomic E-state index is -1.11. The highest BCUT2D eigenvalue weighted by atomic mass is 35.5. The smallest absolute Gasteiger partial charge is 0.329 e. The zero-order valence-corrected chi connectivity index (χ0v) is 13.7. The molecule has 1 N–H and O–H groups in total. The van der Waals surface area contributed by atoms with Crippen LogP contribution >= 0.6 is 22.9 Å². The standard InChI is InChI=1S/C14H19ClN2O3S/c1-14(12(18)19)7-3-4-8-17(14)13(20)16(2)9-10-5-6-11(15)21-10/h5-6H,3-4,7-9H2,1-2H3,(H,18,19). The van der Waals surface area contributed by atoms with Crippen molar-refractivity contribution in [2.75, 3.05) is 13.6 Å². The van der Waals surface area contributed by atoms with Crippen LogP contribution in [-0.2, 0) is 11.3 Å². The Morgan fingerprint density at radius 1 is 1.48 bits per heavy atom. The third-order valence-electron chi connectivity index (χ3n) is 3.93. The molecule has 1 aromatic rings. The number of aliphatic carboxylic acids is 1. The van der Waals surface area contributed by atoms with Gasteiger partial charge in [-0.25, -0.2) is 9.59 Å². The Morgan fingerprint density at radius 3 is 2.76 bits per heavy atom. The molecule has 2 rings (SSSR count). The van der Waals surface area contributed by atoms with Crippen LogP contribution in [0.5, 0.6) is 0 Å². The maximum Gasteiger partial charge on any atom is 0.329 e. The monoisotopic (exact) mass is 330 g/mol. The zero-order chi connectivity index (χ0) is 15.6. The second-order valence-electron chi connectivity index (χ2n) is 5.53. The van der Waals surface area contributed by atoms with Crippen molar-refractivity contribution in [3.63, 3.8) is 0 Å². The Hall–Kier alpha value is -1.27. The minimum Gasteiger partial charge on any atom is -0.480 e. The number of urea groups is 1. The second-order valence-corrected chi connectivity index (χ2v) is 7.33. The predicted molar refractivity (Wildman–Crippen MR) is 82.8 cm³/mol. The van der Waals surface area contributed by atoms with Gasteiger partial charge in [0.05, 0.1) is 10.9 Å². The largest absolute Gasteiger partial charge is 0.480 e. The lowest BCUT2D eigenvalue weighted by Gasteiger charge is -2.43. The van der Waals surface area contributed by atoms with Crippen molar-refractivity contribution < 1.29 is 14.7 Å². The first-order valence-corrected chi connectivity index (χ1v) is 8.04. The third-order valence-corrected chi connectivity index (χ3v) is 5.15. The van der Waals surface area contributed by atoms with E-state index in [4.69, 9.17) is 11.6 Å². The Labute approximate surface area is 133 Å². The number of carboxylic acid groups (broad SMARTS) is 1. The first-order chi connectivity index (χ1) is 9.84. The molecule has 5 nitrogen and oxygen atoms in total. The normalized spacial score (nSPS) is 22.1. The number of amides is 2. The summed E-state index contributed by atoms with van der Waals surface area (Å²) in [6.45, 7) is 2.54. The van der Waals surface area contributed by atoms with Gasteiger partial charge in [-0.1, -0.05) is 11.6 Å². The molecule has 116 valence electrons. The van der Waals surface area contributed by atoms with Crippen molar-refractivity contribution in [2.24, 2.45) is 0 Å². The SMILES string of the molecule is CN(Cc1ccc(Cl)s1)C(=O)N1CCCCC1(C)C(=O)O. The quantitative estimate of drug-likeness (QED) is 0.925. The molecule has 7 heteroatoms. The van der Waals surface area contributed by atoms with Gasteiger partial charge in [0.25, 0.3) is 0 Å². The van der Waals surface area contributed by atoms with E-state index in [1.165, 1.54) is 16.2 Å². The molecule has 1 aliphatic heterocycles. The van der Waals surface area contributed by atoms with E-state index in [2.05, 4.69) is 0 Å². The Balaban J connectivity index is 2.11. The fourth-order valence-corrected chi connectivity index (χ4v) is 3.74. The molecular weight excluding hydrogens is 312 g/mol. The minimum absolute atomic E-state index is 0.246. The van der Waals surface area contributed by atoms with Crippen LogP contribution < -0.4 is 0 Å². The van der Waals surface area contributed by atoms with Crippen molar-refractivity contribution in [2.45, 2.75) is 38.3 Å². The lowest BCUT2D eigenvalue weighted by Crippen LogP contribution is -2.60. The molecule has 21 heavy (non-hydrogen) atoms. The second kappa shape index (κ2) is 6.23. The van der Waals surface area contributed by atoms with Crippen LogP contribution in [-0.4, -0.2) is 46.0 Å². The van der Waals surface area contributed by atoms with E-state index in [-0.39, 0.29) is 6.03 Å². The summed E-state index contributed by atoms with van der Waals surface area (Å²) in [6.07, 6.45) is 2.16. The van der Waals surface area contributed by atoms with Gasteiger partial charge in [-0.15, -0.1) is 11.3 Å². The number of carbonyl (C=O) groups is 2. The molecule has 1 aromatic heterocycles. The summed E-state index contributed by atoms with van der Waals surface area (Å²) in [5.41, 5.74) is -1.11. The fraction of sp³-hybridized carbons (Fsp3) is 0.571. The summed E-state index contributed by atoms with van der Waals surface area (Å²) in [6, 6.07) is 3.43. The Morgan fingerprint density at radius 2 is 2.19 bits per heavy atom. The first kappa shape index (κ1) is 16.1. The van der Waals surface area contributed by atoms with Crippen LogP contribution in [0.15, 0.2) is 12.1 Å². The van der Waals surface area contributed by atoms with Gasteiger partial charge in [0.15, 0.2) is 0 Å². The van der Waals surface area contributed by atoms with Gasteiger partial charge in [-0.2, -0.15) is 0 Å². The van der Waals surface area contributed by atoms with Crippen molar-refractivity contribution in [1.82, 2.24) is 9.80 Å². The van der Waals surface area contributed by atoms with Crippen LogP contribution in [0.25, 0.3) is 0 Å². The van der Waals surface area contributed by atoms with E-state index in [1.807, 2.05) is 6.07 Å². The topological polar surface area (TPSA) is 60.9 Å². The number of rotatable bonds is 3. The first-order valence-electron chi connectivity index (χ1n) is 6.85. The molecular formula is C14H19ClN2O3S. The van der Waals surface area contributed by atoms with E-state index in [9.17, 15) is 14.7 Å². The molecule has 0 aliphatic carbocycles. The van der Waals surface area contributed by atoms with Crippen LogP contribution in [0.1, 0.15) is 31.1 Å². The van der Waals surface area contributed by atoms with Gasteiger partial charge in [-0.3, -0.25) is 0 Å². The average Bonchev–Trinajstić information content (AvgIpc) is 2.83. The lowest BCUT2D eigenvalue weighted by molar-refractivity contribution is -0.150. The van der Waals surface area contributed by atoms with Crippen LogP contribution in [0.2, 0.25) is 4.34 Å². The van der Waals surface area contributed by atoms with Gasteiger partial charge in [0.1, 0.15) is 5.54 Å². The van der Waals surface area contributed by atoms with Crippen molar-refractivity contribution >= 4 is 34.9 Å².